The van der Waals surface area contributed by atoms with Crippen molar-refractivity contribution in [3.8, 4) is 0 Å². The fraction of sp³-hybridized carbons (Fsp3) is 0.292. The number of esters is 1. The van der Waals surface area contributed by atoms with E-state index in [4.69, 9.17) is 4.74 Å². The van der Waals surface area contributed by atoms with Gasteiger partial charge in [-0.3, -0.25) is 9.69 Å². The molecule has 2 aromatic carbocycles. The van der Waals surface area contributed by atoms with Crippen molar-refractivity contribution < 1.29 is 14.3 Å². The van der Waals surface area contributed by atoms with Gasteiger partial charge in [-0.15, -0.1) is 11.8 Å². The Balaban J connectivity index is 1.70. The molecule has 5 nitrogen and oxygen atoms in total. The highest BCUT2D eigenvalue weighted by atomic mass is 32.2. The Bertz CT molecular complexity index is 1050. The molecular weight excluding hydrogens is 428 g/mol. The number of hydrogen-bond donors (Lipinski definition) is 0. The third-order valence-electron chi connectivity index (χ3n) is 5.39. The molecule has 7 heteroatoms. The van der Waals surface area contributed by atoms with E-state index < -0.39 is 12.0 Å². The van der Waals surface area contributed by atoms with Crippen molar-refractivity contribution in [2.24, 2.45) is 4.99 Å². The fourth-order valence-electron chi connectivity index (χ4n) is 3.75. The summed E-state index contributed by atoms with van der Waals surface area (Å²) in [6.07, 6.45) is 2.73. The standard InChI is InChI=1S/C24H24N2O3S2/c1-4-19-22(27)26-21(17-10-12-18(30-3)13-11-17)20(15(2)25-24(26)31-19)23(28)29-14-16-8-6-5-7-9-16/h5-13,19,21H,4,14H2,1-3H3/t19-,21+/m1/s1. The van der Waals surface area contributed by atoms with Crippen molar-refractivity contribution in [1.29, 1.82) is 0 Å². The second-order valence-electron chi connectivity index (χ2n) is 7.35. The Morgan fingerprint density at radius 2 is 1.87 bits per heavy atom. The Hall–Kier alpha value is -2.51. The molecule has 2 aliphatic rings. The van der Waals surface area contributed by atoms with Gasteiger partial charge in [0.05, 0.1) is 22.6 Å². The molecule has 1 saturated heterocycles. The van der Waals surface area contributed by atoms with Crippen LogP contribution in [0, 0.1) is 0 Å². The number of amidine groups is 1. The summed E-state index contributed by atoms with van der Waals surface area (Å²) in [7, 11) is 0. The molecule has 0 unspecified atom stereocenters. The number of carbonyl (C=O) groups excluding carboxylic acids is 2. The lowest BCUT2D eigenvalue weighted by atomic mass is 9.94. The van der Waals surface area contributed by atoms with Crippen molar-refractivity contribution in [1.82, 2.24) is 4.90 Å². The molecule has 0 N–H and O–H groups in total. The SMILES string of the molecule is CC[C@H]1SC2=NC(C)=C(C(=O)OCc3ccccc3)[C@H](c3ccc(SC)cc3)N2C1=O. The van der Waals surface area contributed by atoms with Crippen LogP contribution in [-0.2, 0) is 20.9 Å². The lowest BCUT2D eigenvalue weighted by Gasteiger charge is -2.33. The molecule has 0 saturated carbocycles. The van der Waals surface area contributed by atoms with Crippen LogP contribution < -0.4 is 0 Å². The summed E-state index contributed by atoms with van der Waals surface area (Å²) in [4.78, 5) is 33.8. The van der Waals surface area contributed by atoms with Gasteiger partial charge in [0.15, 0.2) is 5.17 Å². The average Bonchev–Trinajstić information content (AvgIpc) is 3.12. The van der Waals surface area contributed by atoms with Gasteiger partial charge in [-0.1, -0.05) is 61.2 Å². The molecule has 0 aliphatic carbocycles. The summed E-state index contributed by atoms with van der Waals surface area (Å²) >= 11 is 3.12. The summed E-state index contributed by atoms with van der Waals surface area (Å²) in [6.45, 7) is 3.98. The van der Waals surface area contributed by atoms with Crippen molar-refractivity contribution in [3.63, 3.8) is 0 Å². The van der Waals surface area contributed by atoms with Gasteiger partial charge in [-0.2, -0.15) is 0 Å². The molecule has 0 spiro atoms. The molecule has 1 fully saturated rings. The Morgan fingerprint density at radius 3 is 2.52 bits per heavy atom. The highest BCUT2D eigenvalue weighted by Crippen LogP contribution is 2.44. The topological polar surface area (TPSA) is 59.0 Å². The molecule has 2 atom stereocenters. The second-order valence-corrected chi connectivity index (χ2v) is 9.40. The lowest BCUT2D eigenvalue weighted by Crippen LogP contribution is -2.40. The normalized spacial score (nSPS) is 20.5. The number of aliphatic imine (C=N–C) groups is 1. The van der Waals surface area contributed by atoms with Crippen LogP contribution in [0.5, 0.6) is 0 Å². The largest absolute Gasteiger partial charge is 0.457 e. The first-order valence-corrected chi connectivity index (χ1v) is 12.3. The summed E-state index contributed by atoms with van der Waals surface area (Å²) in [5.74, 6) is -0.452. The molecule has 160 valence electrons. The summed E-state index contributed by atoms with van der Waals surface area (Å²) in [5, 5.41) is 0.479. The lowest BCUT2D eigenvalue weighted by molar-refractivity contribution is -0.141. The van der Waals surface area contributed by atoms with E-state index in [0.29, 0.717) is 22.9 Å². The molecule has 2 aliphatic heterocycles. The molecule has 0 bridgehead atoms. The van der Waals surface area contributed by atoms with Crippen LogP contribution in [-0.4, -0.2) is 33.4 Å². The van der Waals surface area contributed by atoms with E-state index in [2.05, 4.69) is 4.99 Å². The minimum absolute atomic E-state index is 0.00828. The minimum Gasteiger partial charge on any atom is -0.457 e. The number of carbonyl (C=O) groups is 2. The summed E-state index contributed by atoms with van der Waals surface area (Å²) in [5.41, 5.74) is 2.80. The number of hydrogen-bond acceptors (Lipinski definition) is 6. The molecule has 2 heterocycles. The van der Waals surface area contributed by atoms with Crippen LogP contribution in [0.15, 0.2) is 75.8 Å². The van der Waals surface area contributed by atoms with E-state index in [9.17, 15) is 9.59 Å². The van der Waals surface area contributed by atoms with Gasteiger partial charge < -0.3 is 4.74 Å². The molecule has 4 rings (SSSR count). The van der Waals surface area contributed by atoms with Crippen LogP contribution in [0.2, 0.25) is 0 Å². The van der Waals surface area contributed by atoms with E-state index in [-0.39, 0.29) is 17.8 Å². The first-order valence-electron chi connectivity index (χ1n) is 10.2. The molecule has 1 amide bonds. The summed E-state index contributed by atoms with van der Waals surface area (Å²) < 4.78 is 5.66. The van der Waals surface area contributed by atoms with Crippen LogP contribution in [0.4, 0.5) is 0 Å². The van der Waals surface area contributed by atoms with Crippen molar-refractivity contribution >= 4 is 40.6 Å². The Labute approximate surface area is 191 Å². The van der Waals surface area contributed by atoms with Gasteiger partial charge in [-0.25, -0.2) is 9.79 Å². The number of thioether (sulfide) groups is 2. The third-order valence-corrected chi connectivity index (χ3v) is 7.45. The molecule has 2 aromatic rings. The third kappa shape index (κ3) is 4.29. The highest BCUT2D eigenvalue weighted by molar-refractivity contribution is 8.15. The Kier molecular flexibility index (Phi) is 6.53. The van der Waals surface area contributed by atoms with Crippen LogP contribution in [0.1, 0.15) is 37.4 Å². The summed E-state index contributed by atoms with van der Waals surface area (Å²) in [6, 6.07) is 17.0. The van der Waals surface area contributed by atoms with Gasteiger partial charge in [0.25, 0.3) is 0 Å². The Morgan fingerprint density at radius 1 is 1.16 bits per heavy atom. The van der Waals surface area contributed by atoms with Crippen molar-refractivity contribution in [2.75, 3.05) is 6.26 Å². The monoisotopic (exact) mass is 452 g/mol. The number of benzene rings is 2. The van der Waals surface area contributed by atoms with Gasteiger partial charge >= 0.3 is 5.97 Å². The van der Waals surface area contributed by atoms with Crippen molar-refractivity contribution in [3.05, 3.63) is 77.0 Å². The number of amides is 1. The second kappa shape index (κ2) is 9.32. The van der Waals surface area contributed by atoms with Gasteiger partial charge in [0.2, 0.25) is 5.91 Å². The van der Waals surface area contributed by atoms with Gasteiger partial charge in [0.1, 0.15) is 6.61 Å². The van der Waals surface area contributed by atoms with Gasteiger partial charge in [-0.05, 0) is 42.9 Å². The fourth-order valence-corrected chi connectivity index (χ4v) is 5.29. The van der Waals surface area contributed by atoms with E-state index in [0.717, 1.165) is 16.0 Å². The maximum absolute atomic E-state index is 13.2. The molecule has 0 radical (unpaired) electrons. The number of nitrogens with zero attached hydrogens (tertiary/aromatic N) is 2. The average molecular weight is 453 g/mol. The predicted octanol–water partition coefficient (Wildman–Crippen LogP) is 5.19. The number of ether oxygens (including phenoxy) is 1. The van der Waals surface area contributed by atoms with E-state index in [1.54, 1.807) is 16.7 Å². The number of allylic oxidation sites excluding steroid dienone is 1. The first kappa shape index (κ1) is 21.7. The quantitative estimate of drug-likeness (QED) is 0.446. The first-order chi connectivity index (χ1) is 15.0. The molecular formula is C24H24N2O3S2. The van der Waals surface area contributed by atoms with E-state index in [1.165, 1.54) is 11.8 Å². The predicted molar refractivity (Wildman–Crippen MR) is 126 cm³/mol. The van der Waals surface area contributed by atoms with Crippen molar-refractivity contribution in [2.45, 2.75) is 43.1 Å². The van der Waals surface area contributed by atoms with Crippen LogP contribution in [0.25, 0.3) is 0 Å². The minimum atomic E-state index is -0.539. The maximum Gasteiger partial charge on any atom is 0.338 e. The smallest absolute Gasteiger partial charge is 0.338 e. The zero-order valence-electron chi connectivity index (χ0n) is 17.7. The zero-order chi connectivity index (χ0) is 22.0. The van der Waals surface area contributed by atoms with E-state index in [1.807, 2.05) is 74.7 Å². The van der Waals surface area contributed by atoms with E-state index >= 15 is 0 Å². The molecule has 0 aromatic heterocycles. The number of rotatable bonds is 6. The van der Waals surface area contributed by atoms with Crippen LogP contribution >= 0.6 is 23.5 Å². The van der Waals surface area contributed by atoms with Gasteiger partial charge in [0, 0.05) is 4.90 Å². The maximum atomic E-state index is 13.2. The number of fused-ring (bicyclic) bond motifs is 1. The highest BCUT2D eigenvalue weighted by Gasteiger charge is 2.47. The van der Waals surface area contributed by atoms with Crippen LogP contribution in [0.3, 0.4) is 0 Å². The zero-order valence-corrected chi connectivity index (χ0v) is 19.3. The molecule has 31 heavy (non-hydrogen) atoms.